The van der Waals surface area contributed by atoms with Gasteiger partial charge in [0.2, 0.25) is 0 Å². The Balaban J connectivity index is 0.000000366. The van der Waals surface area contributed by atoms with Crippen molar-refractivity contribution in [3.05, 3.63) is 12.2 Å². The average Bonchev–Trinajstić information content (AvgIpc) is 2.17. The number of carbonyl (C=O) groups is 1. The van der Waals surface area contributed by atoms with Crippen LogP contribution in [0.15, 0.2) is 12.2 Å². The van der Waals surface area contributed by atoms with Gasteiger partial charge in [0, 0.05) is 5.57 Å². The Labute approximate surface area is 105 Å². The molecule has 0 aromatic carbocycles. The maximum Gasteiger partial charge on any atom is 0.330 e. The van der Waals surface area contributed by atoms with Gasteiger partial charge in [0.1, 0.15) is 0 Å². The fourth-order valence-corrected chi connectivity index (χ4v) is 2.12. The van der Waals surface area contributed by atoms with Crippen LogP contribution in [0.2, 0.25) is 0 Å². The SMILES string of the molecule is C=C(C)C(=O)O.CC(C)(C)C1CCCCC1O. The van der Waals surface area contributed by atoms with E-state index < -0.39 is 5.97 Å². The van der Waals surface area contributed by atoms with Crippen molar-refractivity contribution in [2.45, 2.75) is 59.5 Å². The molecule has 1 fully saturated rings. The minimum Gasteiger partial charge on any atom is -0.478 e. The zero-order valence-corrected chi connectivity index (χ0v) is 11.5. The van der Waals surface area contributed by atoms with Crippen LogP contribution in [-0.4, -0.2) is 22.3 Å². The highest BCUT2D eigenvalue weighted by Crippen LogP contribution is 2.37. The number of carboxylic acid groups (broad SMARTS) is 1. The first kappa shape index (κ1) is 16.2. The van der Waals surface area contributed by atoms with E-state index >= 15 is 0 Å². The number of aliphatic hydroxyl groups excluding tert-OH is 1. The van der Waals surface area contributed by atoms with Crippen molar-refractivity contribution in [3.8, 4) is 0 Å². The van der Waals surface area contributed by atoms with E-state index in [1.807, 2.05) is 0 Å². The number of aliphatic hydroxyl groups is 1. The van der Waals surface area contributed by atoms with Crippen molar-refractivity contribution < 1.29 is 15.0 Å². The molecule has 0 heterocycles. The lowest BCUT2D eigenvalue weighted by Crippen LogP contribution is -2.34. The lowest BCUT2D eigenvalue weighted by Gasteiger charge is -2.37. The summed E-state index contributed by atoms with van der Waals surface area (Å²) in [5.74, 6) is -0.411. The van der Waals surface area contributed by atoms with Crippen LogP contribution in [0.25, 0.3) is 0 Å². The summed E-state index contributed by atoms with van der Waals surface area (Å²) < 4.78 is 0. The van der Waals surface area contributed by atoms with Crippen LogP contribution >= 0.6 is 0 Å². The van der Waals surface area contributed by atoms with Gasteiger partial charge in [-0.2, -0.15) is 0 Å². The number of hydrogen-bond acceptors (Lipinski definition) is 2. The zero-order valence-electron chi connectivity index (χ0n) is 11.5. The highest BCUT2D eigenvalue weighted by Gasteiger charge is 2.32. The van der Waals surface area contributed by atoms with E-state index in [1.165, 1.54) is 26.2 Å². The molecule has 1 saturated carbocycles. The minimum atomic E-state index is -0.935. The highest BCUT2D eigenvalue weighted by molar-refractivity contribution is 5.84. The molecule has 2 atom stereocenters. The standard InChI is InChI=1S/C10H20O.C4H6O2/c1-10(2,3)8-6-4-5-7-9(8)11;1-3(2)4(5)6/h8-9,11H,4-7H2,1-3H3;1H2,2H3,(H,5,6). The van der Waals surface area contributed by atoms with Gasteiger partial charge in [-0.05, 0) is 31.1 Å². The van der Waals surface area contributed by atoms with E-state index in [4.69, 9.17) is 5.11 Å². The van der Waals surface area contributed by atoms with Gasteiger partial charge in [0.25, 0.3) is 0 Å². The molecule has 0 aromatic heterocycles. The molecule has 0 bridgehead atoms. The van der Waals surface area contributed by atoms with Gasteiger partial charge in [0.15, 0.2) is 0 Å². The molecule has 17 heavy (non-hydrogen) atoms. The van der Waals surface area contributed by atoms with Gasteiger partial charge < -0.3 is 10.2 Å². The van der Waals surface area contributed by atoms with Crippen molar-refractivity contribution in [3.63, 3.8) is 0 Å². The van der Waals surface area contributed by atoms with Crippen molar-refractivity contribution in [1.82, 2.24) is 0 Å². The third-order valence-electron chi connectivity index (χ3n) is 3.21. The van der Waals surface area contributed by atoms with Crippen molar-refractivity contribution >= 4 is 5.97 Å². The number of rotatable bonds is 1. The molecule has 0 aromatic rings. The van der Waals surface area contributed by atoms with Gasteiger partial charge in [-0.25, -0.2) is 4.79 Å². The third kappa shape index (κ3) is 6.47. The van der Waals surface area contributed by atoms with Crippen LogP contribution < -0.4 is 0 Å². The predicted octanol–water partition coefficient (Wildman–Crippen LogP) is 3.23. The van der Waals surface area contributed by atoms with Crippen molar-refractivity contribution in [2.75, 3.05) is 0 Å². The van der Waals surface area contributed by atoms with E-state index in [9.17, 15) is 9.90 Å². The topological polar surface area (TPSA) is 57.5 Å². The van der Waals surface area contributed by atoms with Crippen molar-refractivity contribution in [2.24, 2.45) is 11.3 Å². The Hall–Kier alpha value is -0.830. The van der Waals surface area contributed by atoms with Crippen LogP contribution in [0.3, 0.4) is 0 Å². The molecule has 2 N–H and O–H groups in total. The average molecular weight is 242 g/mol. The molecule has 100 valence electrons. The quantitative estimate of drug-likeness (QED) is 0.694. The van der Waals surface area contributed by atoms with E-state index in [1.54, 1.807) is 0 Å². The molecule has 0 saturated heterocycles. The summed E-state index contributed by atoms with van der Waals surface area (Å²) >= 11 is 0. The predicted molar refractivity (Wildman–Crippen MR) is 69.9 cm³/mol. The number of hydrogen-bond donors (Lipinski definition) is 2. The van der Waals surface area contributed by atoms with E-state index in [0.717, 1.165) is 6.42 Å². The second-order valence-electron chi connectivity index (χ2n) is 5.91. The highest BCUT2D eigenvalue weighted by atomic mass is 16.4. The molecule has 1 aliphatic rings. The van der Waals surface area contributed by atoms with Gasteiger partial charge in [-0.15, -0.1) is 0 Å². The zero-order chi connectivity index (χ0) is 13.6. The summed E-state index contributed by atoms with van der Waals surface area (Å²) in [6.07, 6.45) is 4.71. The lowest BCUT2D eigenvalue weighted by atomic mass is 9.71. The molecule has 0 amide bonds. The Morgan fingerprint density at radius 3 is 1.88 bits per heavy atom. The normalized spacial score (nSPS) is 24.5. The maximum atomic E-state index is 9.70. The molecular formula is C14H26O3. The molecular weight excluding hydrogens is 216 g/mol. The van der Waals surface area contributed by atoms with E-state index in [-0.39, 0.29) is 11.7 Å². The first-order valence-electron chi connectivity index (χ1n) is 6.23. The van der Waals surface area contributed by atoms with Crippen LogP contribution in [0, 0.1) is 11.3 Å². The van der Waals surface area contributed by atoms with Gasteiger partial charge in [-0.3, -0.25) is 0 Å². The first-order valence-corrected chi connectivity index (χ1v) is 6.23. The second kappa shape index (κ2) is 6.80. The largest absolute Gasteiger partial charge is 0.478 e. The third-order valence-corrected chi connectivity index (χ3v) is 3.21. The van der Waals surface area contributed by atoms with Gasteiger partial charge in [0.05, 0.1) is 6.10 Å². The van der Waals surface area contributed by atoms with Crippen molar-refractivity contribution in [1.29, 1.82) is 0 Å². The van der Waals surface area contributed by atoms with E-state index in [0.29, 0.717) is 11.3 Å². The summed E-state index contributed by atoms with van der Waals surface area (Å²) in [5.41, 5.74) is 0.467. The molecule has 2 unspecified atom stereocenters. The Bertz CT molecular complexity index is 251. The van der Waals surface area contributed by atoms with Gasteiger partial charge in [-0.1, -0.05) is 40.2 Å². The van der Waals surface area contributed by atoms with Crippen LogP contribution in [0.1, 0.15) is 53.4 Å². The summed E-state index contributed by atoms with van der Waals surface area (Å²) in [4.78, 5) is 9.60. The Kier molecular flexibility index (Phi) is 6.46. The summed E-state index contributed by atoms with van der Waals surface area (Å²) in [5, 5.41) is 17.6. The molecule has 3 nitrogen and oxygen atoms in total. The summed E-state index contributed by atoms with van der Waals surface area (Å²) in [7, 11) is 0. The Morgan fingerprint density at radius 2 is 1.65 bits per heavy atom. The minimum absolute atomic E-state index is 0.0382. The molecule has 0 aliphatic heterocycles. The summed E-state index contributed by atoms with van der Waals surface area (Å²) in [6.45, 7) is 11.3. The molecule has 0 radical (unpaired) electrons. The lowest BCUT2D eigenvalue weighted by molar-refractivity contribution is -0.132. The molecule has 0 spiro atoms. The Morgan fingerprint density at radius 1 is 1.24 bits per heavy atom. The number of carboxylic acids is 1. The van der Waals surface area contributed by atoms with E-state index in [2.05, 4.69) is 27.4 Å². The second-order valence-corrected chi connectivity index (χ2v) is 5.91. The first-order chi connectivity index (χ1) is 7.66. The molecule has 1 aliphatic carbocycles. The van der Waals surface area contributed by atoms with Crippen LogP contribution in [-0.2, 0) is 4.79 Å². The summed E-state index contributed by atoms with van der Waals surface area (Å²) in [6, 6.07) is 0. The number of aliphatic carboxylic acids is 1. The smallest absolute Gasteiger partial charge is 0.330 e. The molecule has 3 heteroatoms. The fraction of sp³-hybridized carbons (Fsp3) is 0.786. The van der Waals surface area contributed by atoms with Crippen LogP contribution in [0.4, 0.5) is 0 Å². The monoisotopic (exact) mass is 242 g/mol. The maximum absolute atomic E-state index is 9.70. The fourth-order valence-electron chi connectivity index (χ4n) is 2.12. The van der Waals surface area contributed by atoms with Crippen LogP contribution in [0.5, 0.6) is 0 Å². The molecule has 1 rings (SSSR count). The van der Waals surface area contributed by atoms with Gasteiger partial charge >= 0.3 is 5.97 Å².